The summed E-state index contributed by atoms with van der Waals surface area (Å²) in [5, 5.41) is 10.6. The molecule has 0 fully saturated rings. The molecule has 7 atom stereocenters. The van der Waals surface area contributed by atoms with Crippen molar-refractivity contribution in [2.24, 2.45) is 23.7 Å². The second kappa shape index (κ2) is 64.4. The Balaban J connectivity index is 5.25. The zero-order valence-electron chi connectivity index (χ0n) is 61.6. The third kappa shape index (κ3) is 66.0. The molecular weight excluding hydrogens is 1230 g/mol. The van der Waals surface area contributed by atoms with Gasteiger partial charge < -0.3 is 33.8 Å². The quantitative estimate of drug-likeness (QED) is 0.0222. The van der Waals surface area contributed by atoms with Crippen molar-refractivity contribution in [2.75, 3.05) is 39.6 Å². The summed E-state index contributed by atoms with van der Waals surface area (Å²) >= 11 is 0. The lowest BCUT2D eigenvalue weighted by molar-refractivity contribution is -0.161. The van der Waals surface area contributed by atoms with Gasteiger partial charge in [-0.25, -0.2) is 9.13 Å². The molecule has 0 aliphatic heterocycles. The van der Waals surface area contributed by atoms with E-state index in [-0.39, 0.29) is 25.7 Å². The van der Waals surface area contributed by atoms with Crippen molar-refractivity contribution in [1.29, 1.82) is 0 Å². The maximum atomic E-state index is 13.1. The maximum absolute atomic E-state index is 13.1. The van der Waals surface area contributed by atoms with Gasteiger partial charge in [-0.2, -0.15) is 0 Å². The second-order valence-corrected chi connectivity index (χ2v) is 31.4. The van der Waals surface area contributed by atoms with Gasteiger partial charge in [-0.1, -0.05) is 325 Å². The first-order valence-electron chi connectivity index (χ1n) is 38.8. The predicted octanol–water partition coefficient (Wildman–Crippen LogP) is 21.7. The summed E-state index contributed by atoms with van der Waals surface area (Å²) in [7, 11) is -9.91. The number of ether oxygens (including phenoxy) is 4. The number of rotatable bonds is 72. The fourth-order valence-corrected chi connectivity index (χ4v) is 12.9. The first kappa shape index (κ1) is 92.1. The third-order valence-corrected chi connectivity index (χ3v) is 19.9. The fraction of sp³-hybridized carbons (Fsp3) is 0.947. The van der Waals surface area contributed by atoms with Crippen LogP contribution >= 0.6 is 15.6 Å². The van der Waals surface area contributed by atoms with Crippen molar-refractivity contribution < 1.29 is 80.2 Å². The van der Waals surface area contributed by atoms with E-state index in [1.54, 1.807) is 0 Å². The summed E-state index contributed by atoms with van der Waals surface area (Å²) in [6.07, 6.45) is 48.5. The number of hydrogen-bond donors (Lipinski definition) is 3. The van der Waals surface area contributed by atoms with Crippen LogP contribution in [0.3, 0.4) is 0 Å². The topological polar surface area (TPSA) is 237 Å². The van der Waals surface area contributed by atoms with Crippen LogP contribution in [0.25, 0.3) is 0 Å². The molecule has 0 bridgehead atoms. The number of carbonyl (C=O) groups is 4. The summed E-state index contributed by atoms with van der Waals surface area (Å²) in [5.41, 5.74) is 0. The molecule has 0 radical (unpaired) electrons. The van der Waals surface area contributed by atoms with Crippen LogP contribution in [0, 0.1) is 23.7 Å². The molecule has 558 valence electrons. The van der Waals surface area contributed by atoms with E-state index in [2.05, 4.69) is 55.4 Å². The van der Waals surface area contributed by atoms with Crippen molar-refractivity contribution in [3.05, 3.63) is 0 Å². The van der Waals surface area contributed by atoms with Gasteiger partial charge in [-0.15, -0.1) is 0 Å². The molecule has 0 aliphatic carbocycles. The molecule has 0 saturated carbocycles. The number of unbranched alkanes of at least 4 members (excludes halogenated alkanes) is 36. The largest absolute Gasteiger partial charge is 0.472 e. The van der Waals surface area contributed by atoms with Crippen LogP contribution in [0.2, 0.25) is 0 Å². The SMILES string of the molecule is CCC(C)CCCCCCCCCCCCCCCCC(=O)O[C@H](COC(=O)CCCCCCCCCCCCCC(C)C)COP(=O)(O)OC[C@@H](O)COP(=O)(O)OC[C@@H](COC(=O)CCCCCCCCC(C)CC)OC(=O)CCCCCCCCCCCC(C)C. The zero-order chi connectivity index (χ0) is 69.6. The molecule has 19 heteroatoms. The van der Waals surface area contributed by atoms with Gasteiger partial charge in [0.15, 0.2) is 12.2 Å². The number of esters is 4. The minimum absolute atomic E-state index is 0.104. The lowest BCUT2D eigenvalue weighted by atomic mass is 9.99. The van der Waals surface area contributed by atoms with Crippen molar-refractivity contribution in [3.8, 4) is 0 Å². The summed E-state index contributed by atoms with van der Waals surface area (Å²) in [6, 6.07) is 0. The van der Waals surface area contributed by atoms with Gasteiger partial charge in [0.1, 0.15) is 19.3 Å². The molecule has 4 unspecified atom stereocenters. The number of aliphatic hydroxyl groups is 1. The Morgan fingerprint density at radius 2 is 0.511 bits per heavy atom. The first-order valence-corrected chi connectivity index (χ1v) is 41.8. The Labute approximate surface area is 575 Å². The summed E-state index contributed by atoms with van der Waals surface area (Å²) in [5.74, 6) is 0.961. The number of aliphatic hydroxyl groups excluding tert-OH is 1. The monoisotopic (exact) mass is 1380 g/mol. The van der Waals surface area contributed by atoms with E-state index in [9.17, 15) is 43.2 Å². The van der Waals surface area contributed by atoms with E-state index in [4.69, 9.17) is 37.0 Å². The Bertz CT molecular complexity index is 1850. The maximum Gasteiger partial charge on any atom is 0.472 e. The van der Waals surface area contributed by atoms with Crippen molar-refractivity contribution >= 4 is 39.5 Å². The molecule has 0 aromatic carbocycles. The standard InChI is InChI=1S/C75H146O17P2/c1-9-67(7)53-45-37-29-23-17-13-11-12-14-18-25-31-41-49-57-74(79)91-70(61-85-72(77)55-47-39-30-24-19-15-16-21-27-35-43-51-65(3)4)63-89-93(81,82)87-59-69(76)60-88-94(83,84)90-64-71(62-86-73(78)56-48-40-34-33-38-46-54-68(8)10-2)92-75(80)58-50-42-32-26-20-22-28-36-44-52-66(5)6/h65-71,76H,9-64H2,1-8H3,(H,81,82)(H,83,84)/t67?,68?,69-,70-,71-/m1/s1. The van der Waals surface area contributed by atoms with E-state index >= 15 is 0 Å². The number of carbonyl (C=O) groups excluding carboxylic acids is 4. The minimum Gasteiger partial charge on any atom is -0.462 e. The normalized spacial score (nSPS) is 14.7. The van der Waals surface area contributed by atoms with Crippen LogP contribution in [-0.4, -0.2) is 96.7 Å². The molecule has 0 saturated heterocycles. The van der Waals surface area contributed by atoms with Gasteiger partial charge in [-0.05, 0) is 49.4 Å². The van der Waals surface area contributed by atoms with E-state index < -0.39 is 97.5 Å². The Hall–Kier alpha value is -1.94. The number of hydrogen-bond acceptors (Lipinski definition) is 15. The predicted molar refractivity (Wildman–Crippen MR) is 381 cm³/mol. The summed E-state index contributed by atoms with van der Waals surface area (Å²) in [6.45, 7) is 14.2. The van der Waals surface area contributed by atoms with Gasteiger partial charge in [0.2, 0.25) is 0 Å². The van der Waals surface area contributed by atoms with E-state index in [1.807, 2.05) is 0 Å². The van der Waals surface area contributed by atoms with Crippen LogP contribution in [0.5, 0.6) is 0 Å². The van der Waals surface area contributed by atoms with Crippen LogP contribution in [0.1, 0.15) is 376 Å². The van der Waals surface area contributed by atoms with Crippen LogP contribution in [0.15, 0.2) is 0 Å². The van der Waals surface area contributed by atoms with Crippen molar-refractivity contribution in [2.45, 2.75) is 395 Å². The molecular formula is C75H146O17P2. The summed E-state index contributed by atoms with van der Waals surface area (Å²) < 4.78 is 68.5. The molecule has 0 aromatic heterocycles. The number of phosphoric ester groups is 2. The Morgan fingerprint density at radius 3 is 0.755 bits per heavy atom. The smallest absolute Gasteiger partial charge is 0.462 e. The molecule has 17 nitrogen and oxygen atoms in total. The molecule has 0 rings (SSSR count). The lowest BCUT2D eigenvalue weighted by Crippen LogP contribution is -2.30. The number of phosphoric acid groups is 2. The van der Waals surface area contributed by atoms with Gasteiger partial charge >= 0.3 is 39.5 Å². The highest BCUT2D eigenvalue weighted by Crippen LogP contribution is 2.45. The molecule has 94 heavy (non-hydrogen) atoms. The highest BCUT2D eigenvalue weighted by molar-refractivity contribution is 7.47. The molecule has 0 amide bonds. The second-order valence-electron chi connectivity index (χ2n) is 28.5. The van der Waals surface area contributed by atoms with Crippen molar-refractivity contribution in [1.82, 2.24) is 0 Å². The van der Waals surface area contributed by atoms with Gasteiger partial charge in [0.05, 0.1) is 26.4 Å². The Morgan fingerprint density at radius 1 is 0.298 bits per heavy atom. The average molecular weight is 1380 g/mol. The highest BCUT2D eigenvalue weighted by Gasteiger charge is 2.30. The lowest BCUT2D eigenvalue weighted by Gasteiger charge is -2.21. The van der Waals surface area contributed by atoms with Gasteiger partial charge in [0.25, 0.3) is 0 Å². The molecule has 0 aromatic rings. The van der Waals surface area contributed by atoms with Crippen LogP contribution < -0.4 is 0 Å². The zero-order valence-corrected chi connectivity index (χ0v) is 63.4. The Kier molecular flexibility index (Phi) is 63.1. The third-order valence-electron chi connectivity index (χ3n) is 18.0. The summed E-state index contributed by atoms with van der Waals surface area (Å²) in [4.78, 5) is 72.8. The average Bonchev–Trinajstić information content (AvgIpc) is 1.31. The van der Waals surface area contributed by atoms with E-state index in [1.165, 1.54) is 173 Å². The first-order chi connectivity index (χ1) is 45.2. The minimum atomic E-state index is -4.96. The highest BCUT2D eigenvalue weighted by atomic mass is 31.2. The van der Waals surface area contributed by atoms with E-state index in [0.29, 0.717) is 25.7 Å². The van der Waals surface area contributed by atoms with E-state index in [0.717, 1.165) is 120 Å². The van der Waals surface area contributed by atoms with Crippen molar-refractivity contribution in [3.63, 3.8) is 0 Å². The fourth-order valence-electron chi connectivity index (χ4n) is 11.3. The van der Waals surface area contributed by atoms with Gasteiger partial charge in [0, 0.05) is 25.7 Å². The van der Waals surface area contributed by atoms with Crippen LogP contribution in [0.4, 0.5) is 0 Å². The molecule has 3 N–H and O–H groups in total. The molecule has 0 spiro atoms. The molecule has 0 aliphatic rings. The molecule has 0 heterocycles. The van der Waals surface area contributed by atoms with Gasteiger partial charge in [-0.3, -0.25) is 37.3 Å². The van der Waals surface area contributed by atoms with Crippen LogP contribution in [-0.2, 0) is 65.4 Å².